The van der Waals surface area contributed by atoms with Gasteiger partial charge in [-0.15, -0.1) is 0 Å². The Bertz CT molecular complexity index is 128. The molecule has 0 bridgehead atoms. The Morgan fingerprint density at radius 2 is 1.85 bits per heavy atom. The van der Waals surface area contributed by atoms with Gasteiger partial charge in [-0.25, -0.2) is 0 Å². The summed E-state index contributed by atoms with van der Waals surface area (Å²) in [6, 6.07) is 0. The van der Waals surface area contributed by atoms with Crippen LogP contribution in [-0.4, -0.2) is 13.1 Å². The van der Waals surface area contributed by atoms with Crippen molar-refractivity contribution in [3.05, 3.63) is 0 Å². The van der Waals surface area contributed by atoms with Crippen LogP contribution >= 0.6 is 0 Å². The molecule has 2 heteroatoms. The fraction of sp³-hybridized carbons (Fsp3) is 0.909. The molecule has 0 aliphatic heterocycles. The average molecular weight is 186 g/mol. The van der Waals surface area contributed by atoms with Crippen molar-refractivity contribution in [1.29, 1.82) is 0 Å². The van der Waals surface area contributed by atoms with E-state index >= 15 is 0 Å². The molecular weight excluding hydrogens is 164 g/mol. The summed E-state index contributed by atoms with van der Waals surface area (Å²) in [5.41, 5.74) is 0.233. The third-order valence-electron chi connectivity index (χ3n) is 3.02. The molecule has 0 rings (SSSR count). The Morgan fingerprint density at radius 3 is 2.23 bits per heavy atom. The van der Waals surface area contributed by atoms with Gasteiger partial charge in [-0.2, -0.15) is 0 Å². The predicted octanol–water partition coefficient (Wildman–Crippen LogP) is 3.16. The molecule has 0 heterocycles. The first-order valence-electron chi connectivity index (χ1n) is 5.30. The smallest absolute Gasteiger partial charge is 0.293 e. The zero-order chi connectivity index (χ0) is 10.2. The molecular formula is C11H22O2. The molecule has 0 saturated carbocycles. The van der Waals surface area contributed by atoms with Crippen molar-refractivity contribution >= 4 is 6.47 Å². The van der Waals surface area contributed by atoms with Crippen molar-refractivity contribution in [2.24, 2.45) is 5.41 Å². The van der Waals surface area contributed by atoms with Crippen molar-refractivity contribution in [3.8, 4) is 0 Å². The SMILES string of the molecule is CCCCC(CC)(CC)COC=O. The number of hydrogen-bond acceptors (Lipinski definition) is 2. The lowest BCUT2D eigenvalue weighted by atomic mass is 9.79. The zero-order valence-corrected chi connectivity index (χ0v) is 9.14. The molecule has 0 aromatic rings. The van der Waals surface area contributed by atoms with Crippen LogP contribution < -0.4 is 0 Å². The molecule has 0 unspecified atom stereocenters. The molecule has 0 aliphatic carbocycles. The highest BCUT2D eigenvalue weighted by Crippen LogP contribution is 2.32. The number of ether oxygens (including phenoxy) is 1. The molecule has 78 valence electrons. The van der Waals surface area contributed by atoms with Gasteiger partial charge in [-0.05, 0) is 19.3 Å². The molecule has 0 amide bonds. The molecule has 0 aliphatic rings. The lowest BCUT2D eigenvalue weighted by Gasteiger charge is -2.30. The molecule has 0 atom stereocenters. The highest BCUT2D eigenvalue weighted by Gasteiger charge is 2.25. The molecule has 13 heavy (non-hydrogen) atoms. The van der Waals surface area contributed by atoms with Crippen LogP contribution in [0.5, 0.6) is 0 Å². The molecule has 0 saturated heterocycles. The van der Waals surface area contributed by atoms with Crippen LogP contribution in [-0.2, 0) is 9.53 Å². The largest absolute Gasteiger partial charge is 0.467 e. The van der Waals surface area contributed by atoms with Gasteiger partial charge in [0.15, 0.2) is 0 Å². The van der Waals surface area contributed by atoms with Gasteiger partial charge in [-0.3, -0.25) is 4.79 Å². The lowest BCUT2D eigenvalue weighted by Crippen LogP contribution is -2.25. The van der Waals surface area contributed by atoms with Crippen LogP contribution in [0.25, 0.3) is 0 Å². The van der Waals surface area contributed by atoms with E-state index in [0.717, 1.165) is 12.8 Å². The summed E-state index contributed by atoms with van der Waals surface area (Å²) < 4.78 is 4.90. The van der Waals surface area contributed by atoms with E-state index in [2.05, 4.69) is 20.8 Å². The van der Waals surface area contributed by atoms with Gasteiger partial charge in [0.2, 0.25) is 0 Å². The van der Waals surface area contributed by atoms with Crippen LogP contribution in [0.1, 0.15) is 52.9 Å². The van der Waals surface area contributed by atoms with Gasteiger partial charge >= 0.3 is 0 Å². The summed E-state index contributed by atoms with van der Waals surface area (Å²) in [5, 5.41) is 0. The van der Waals surface area contributed by atoms with E-state index in [1.807, 2.05) is 0 Å². The molecule has 0 aromatic heterocycles. The molecule has 0 N–H and O–H groups in total. The van der Waals surface area contributed by atoms with E-state index in [9.17, 15) is 4.79 Å². The van der Waals surface area contributed by atoms with E-state index in [1.54, 1.807) is 0 Å². The minimum Gasteiger partial charge on any atom is -0.467 e. The van der Waals surface area contributed by atoms with Crippen LogP contribution in [0.15, 0.2) is 0 Å². The van der Waals surface area contributed by atoms with Gasteiger partial charge < -0.3 is 4.74 Å². The molecule has 2 nitrogen and oxygen atoms in total. The Labute approximate surface area is 81.7 Å². The highest BCUT2D eigenvalue weighted by molar-refractivity contribution is 5.37. The first-order chi connectivity index (χ1) is 6.24. The monoisotopic (exact) mass is 186 g/mol. The van der Waals surface area contributed by atoms with E-state index in [1.165, 1.54) is 19.3 Å². The number of rotatable bonds is 8. The fourth-order valence-corrected chi connectivity index (χ4v) is 1.64. The Morgan fingerprint density at radius 1 is 1.23 bits per heavy atom. The fourth-order valence-electron chi connectivity index (χ4n) is 1.64. The van der Waals surface area contributed by atoms with Crippen molar-refractivity contribution in [2.75, 3.05) is 6.61 Å². The maximum Gasteiger partial charge on any atom is 0.293 e. The minimum atomic E-state index is 0.233. The highest BCUT2D eigenvalue weighted by atomic mass is 16.5. The first-order valence-corrected chi connectivity index (χ1v) is 5.30. The van der Waals surface area contributed by atoms with Gasteiger partial charge in [-0.1, -0.05) is 33.6 Å². The average Bonchev–Trinajstić information content (AvgIpc) is 2.20. The number of unbranched alkanes of at least 4 members (excludes halogenated alkanes) is 1. The summed E-state index contributed by atoms with van der Waals surface area (Å²) in [4.78, 5) is 10.1. The zero-order valence-electron chi connectivity index (χ0n) is 9.14. The van der Waals surface area contributed by atoms with Gasteiger partial charge in [0, 0.05) is 5.41 Å². The van der Waals surface area contributed by atoms with Crippen molar-refractivity contribution in [2.45, 2.75) is 52.9 Å². The molecule has 0 fully saturated rings. The number of carbonyl (C=O) groups is 1. The van der Waals surface area contributed by atoms with Crippen molar-refractivity contribution in [1.82, 2.24) is 0 Å². The van der Waals surface area contributed by atoms with E-state index in [-0.39, 0.29) is 5.41 Å². The summed E-state index contributed by atoms with van der Waals surface area (Å²) in [5.74, 6) is 0. The van der Waals surface area contributed by atoms with Gasteiger partial charge in [0.05, 0.1) is 6.61 Å². The van der Waals surface area contributed by atoms with Crippen molar-refractivity contribution in [3.63, 3.8) is 0 Å². The van der Waals surface area contributed by atoms with E-state index in [4.69, 9.17) is 4.74 Å². The lowest BCUT2D eigenvalue weighted by molar-refractivity contribution is -0.132. The van der Waals surface area contributed by atoms with E-state index in [0.29, 0.717) is 13.1 Å². The van der Waals surface area contributed by atoms with Crippen LogP contribution in [0.3, 0.4) is 0 Å². The van der Waals surface area contributed by atoms with Gasteiger partial charge in [0.25, 0.3) is 6.47 Å². The second-order valence-electron chi connectivity index (χ2n) is 3.72. The predicted molar refractivity (Wildman–Crippen MR) is 54.6 cm³/mol. The summed E-state index contributed by atoms with van der Waals surface area (Å²) in [6.07, 6.45) is 5.80. The Hall–Kier alpha value is -0.530. The molecule has 0 spiro atoms. The maximum atomic E-state index is 10.1. The molecule has 0 radical (unpaired) electrons. The van der Waals surface area contributed by atoms with Crippen LogP contribution in [0.4, 0.5) is 0 Å². The standard InChI is InChI=1S/C11H22O2/c1-4-7-8-11(5-2,6-3)9-13-10-12/h10H,4-9H2,1-3H3. The number of hydrogen-bond donors (Lipinski definition) is 0. The Balaban J connectivity index is 4.04. The quantitative estimate of drug-likeness (QED) is 0.544. The Kier molecular flexibility index (Phi) is 6.65. The van der Waals surface area contributed by atoms with E-state index < -0.39 is 0 Å². The second kappa shape index (κ2) is 6.93. The summed E-state index contributed by atoms with van der Waals surface area (Å²) in [7, 11) is 0. The third kappa shape index (κ3) is 4.30. The minimum absolute atomic E-state index is 0.233. The van der Waals surface area contributed by atoms with Crippen molar-refractivity contribution < 1.29 is 9.53 Å². The number of carbonyl (C=O) groups excluding carboxylic acids is 1. The normalized spacial score (nSPS) is 11.3. The summed E-state index contributed by atoms with van der Waals surface area (Å²) >= 11 is 0. The van der Waals surface area contributed by atoms with Gasteiger partial charge in [0.1, 0.15) is 0 Å². The first kappa shape index (κ1) is 12.5. The van der Waals surface area contributed by atoms with Crippen LogP contribution in [0.2, 0.25) is 0 Å². The summed E-state index contributed by atoms with van der Waals surface area (Å²) in [6.45, 7) is 7.69. The molecule has 0 aromatic carbocycles. The second-order valence-corrected chi connectivity index (χ2v) is 3.72. The topological polar surface area (TPSA) is 26.3 Å². The van der Waals surface area contributed by atoms with Crippen LogP contribution in [0, 0.1) is 5.41 Å². The third-order valence-corrected chi connectivity index (χ3v) is 3.02. The maximum absolute atomic E-state index is 10.1.